The molecule has 2 aliphatic heterocycles. The Morgan fingerprint density at radius 3 is 2.12 bits per heavy atom. The number of halogens is 1. The van der Waals surface area contributed by atoms with E-state index in [4.69, 9.17) is 9.47 Å². The van der Waals surface area contributed by atoms with E-state index in [2.05, 4.69) is 34.2 Å². The van der Waals surface area contributed by atoms with Crippen LogP contribution >= 0.6 is 12.4 Å². The number of hydrogen-bond donors (Lipinski definition) is 1. The van der Waals surface area contributed by atoms with Gasteiger partial charge in [-0.25, -0.2) is 0 Å². The van der Waals surface area contributed by atoms with Crippen LogP contribution in [-0.4, -0.2) is 69.8 Å². The van der Waals surface area contributed by atoms with E-state index in [-0.39, 0.29) is 12.4 Å². The van der Waals surface area contributed by atoms with Gasteiger partial charge in [-0.05, 0) is 36.1 Å². The number of ether oxygens (including phenoxy) is 2. The monoisotopic (exact) mass is 369 g/mol. The van der Waals surface area contributed by atoms with Crippen LogP contribution in [0.15, 0.2) is 18.2 Å². The molecule has 1 aromatic rings. The maximum Gasteiger partial charge on any atom is 0.122 e. The van der Waals surface area contributed by atoms with Gasteiger partial charge in [-0.15, -0.1) is 12.4 Å². The molecule has 0 amide bonds. The summed E-state index contributed by atoms with van der Waals surface area (Å²) in [4.78, 5) is 5.16. The first kappa shape index (κ1) is 20.3. The molecule has 1 N–H and O–H groups in total. The van der Waals surface area contributed by atoms with E-state index in [0.717, 1.165) is 50.8 Å². The number of hydrogen-bond acceptors (Lipinski definition) is 5. The first-order valence-corrected chi connectivity index (χ1v) is 8.98. The number of nitrogens with one attached hydrogen (secondary N) is 1. The molecule has 0 saturated carbocycles. The molecule has 6 heteroatoms. The molecule has 2 heterocycles. The van der Waals surface area contributed by atoms with E-state index in [0.29, 0.717) is 5.41 Å². The van der Waals surface area contributed by atoms with Gasteiger partial charge in [0.2, 0.25) is 0 Å². The lowest BCUT2D eigenvalue weighted by atomic mass is 9.89. The Labute approximate surface area is 158 Å². The van der Waals surface area contributed by atoms with Crippen molar-refractivity contribution in [2.75, 3.05) is 60.0 Å². The molecule has 25 heavy (non-hydrogen) atoms. The molecule has 0 aromatic heterocycles. The summed E-state index contributed by atoms with van der Waals surface area (Å²) >= 11 is 0. The highest BCUT2D eigenvalue weighted by molar-refractivity contribution is 5.85. The van der Waals surface area contributed by atoms with Gasteiger partial charge >= 0.3 is 0 Å². The molecule has 142 valence electrons. The van der Waals surface area contributed by atoms with Crippen molar-refractivity contribution in [3.8, 4) is 11.5 Å². The largest absolute Gasteiger partial charge is 0.497 e. The van der Waals surface area contributed by atoms with Gasteiger partial charge in [0.05, 0.1) is 14.2 Å². The standard InChI is InChI=1S/C19H31N3O2.ClH/c1-19(4-5-20-14-19)15-22-8-6-21(7-9-22)13-16-10-17(23-2)12-18(11-16)24-3;/h10-12,20H,4-9,13-15H2,1-3H3;1H. The fourth-order valence-corrected chi connectivity index (χ4v) is 3.86. The predicted molar refractivity (Wildman–Crippen MR) is 104 cm³/mol. The van der Waals surface area contributed by atoms with Gasteiger partial charge in [0.1, 0.15) is 11.5 Å². The average molecular weight is 370 g/mol. The highest BCUT2D eigenvalue weighted by Crippen LogP contribution is 2.27. The molecular weight excluding hydrogens is 338 g/mol. The van der Waals surface area contributed by atoms with Gasteiger partial charge in [-0.2, -0.15) is 0 Å². The molecular formula is C19H32ClN3O2. The van der Waals surface area contributed by atoms with Crippen molar-refractivity contribution in [1.29, 1.82) is 0 Å². The second-order valence-corrected chi connectivity index (χ2v) is 7.51. The van der Waals surface area contributed by atoms with Crippen molar-refractivity contribution in [1.82, 2.24) is 15.1 Å². The third-order valence-corrected chi connectivity index (χ3v) is 5.34. The zero-order valence-electron chi connectivity index (χ0n) is 15.7. The fourth-order valence-electron chi connectivity index (χ4n) is 3.86. The topological polar surface area (TPSA) is 37.0 Å². The SMILES string of the molecule is COc1cc(CN2CCN(CC3(C)CCNC3)CC2)cc(OC)c1.Cl. The minimum atomic E-state index is 0. The van der Waals surface area contributed by atoms with Crippen molar-refractivity contribution in [2.24, 2.45) is 5.41 Å². The highest BCUT2D eigenvalue weighted by Gasteiger charge is 2.31. The van der Waals surface area contributed by atoms with Crippen LogP contribution in [0.5, 0.6) is 11.5 Å². The van der Waals surface area contributed by atoms with Crippen LogP contribution < -0.4 is 14.8 Å². The van der Waals surface area contributed by atoms with Crippen LogP contribution in [-0.2, 0) is 6.54 Å². The smallest absolute Gasteiger partial charge is 0.122 e. The van der Waals surface area contributed by atoms with Crippen molar-refractivity contribution in [3.05, 3.63) is 23.8 Å². The van der Waals surface area contributed by atoms with Crippen LogP contribution in [0.25, 0.3) is 0 Å². The summed E-state index contributed by atoms with van der Waals surface area (Å²) in [6.07, 6.45) is 1.30. The van der Waals surface area contributed by atoms with Gasteiger partial charge in [-0.3, -0.25) is 4.90 Å². The summed E-state index contributed by atoms with van der Waals surface area (Å²) < 4.78 is 10.8. The summed E-state index contributed by atoms with van der Waals surface area (Å²) in [5.41, 5.74) is 1.72. The molecule has 0 spiro atoms. The molecule has 0 bridgehead atoms. The van der Waals surface area contributed by atoms with E-state index in [1.807, 2.05) is 6.07 Å². The second-order valence-electron chi connectivity index (χ2n) is 7.51. The molecule has 0 radical (unpaired) electrons. The fraction of sp³-hybridized carbons (Fsp3) is 0.684. The molecule has 1 atom stereocenters. The molecule has 5 nitrogen and oxygen atoms in total. The first-order chi connectivity index (χ1) is 11.6. The number of rotatable bonds is 6. The van der Waals surface area contributed by atoms with E-state index in [9.17, 15) is 0 Å². The maximum atomic E-state index is 5.38. The molecule has 2 aliphatic rings. The van der Waals surface area contributed by atoms with Crippen LogP contribution in [0.4, 0.5) is 0 Å². The quantitative estimate of drug-likeness (QED) is 0.832. The Morgan fingerprint density at radius 1 is 1.00 bits per heavy atom. The van der Waals surface area contributed by atoms with Crippen LogP contribution in [0.2, 0.25) is 0 Å². The van der Waals surface area contributed by atoms with E-state index in [1.165, 1.54) is 25.1 Å². The van der Waals surface area contributed by atoms with Crippen molar-refractivity contribution < 1.29 is 9.47 Å². The summed E-state index contributed by atoms with van der Waals surface area (Å²) in [6, 6.07) is 6.15. The Morgan fingerprint density at radius 2 is 1.60 bits per heavy atom. The van der Waals surface area contributed by atoms with Crippen molar-refractivity contribution in [3.63, 3.8) is 0 Å². The second kappa shape index (κ2) is 9.08. The first-order valence-electron chi connectivity index (χ1n) is 8.98. The molecule has 0 aliphatic carbocycles. The lowest BCUT2D eigenvalue weighted by Gasteiger charge is -2.38. The van der Waals surface area contributed by atoms with Gasteiger partial charge in [0, 0.05) is 51.9 Å². The Balaban J connectivity index is 0.00000225. The lowest BCUT2D eigenvalue weighted by molar-refractivity contribution is 0.0932. The van der Waals surface area contributed by atoms with Gasteiger partial charge in [0.15, 0.2) is 0 Å². The molecule has 2 saturated heterocycles. The van der Waals surface area contributed by atoms with E-state index < -0.39 is 0 Å². The Kier molecular flexibility index (Phi) is 7.37. The van der Waals surface area contributed by atoms with Gasteiger partial charge < -0.3 is 19.7 Å². The number of piperazine rings is 1. The van der Waals surface area contributed by atoms with Crippen LogP contribution in [0.1, 0.15) is 18.9 Å². The zero-order valence-corrected chi connectivity index (χ0v) is 16.5. The maximum absolute atomic E-state index is 5.38. The number of benzene rings is 1. The Hall–Kier alpha value is -1.01. The normalized spacial score (nSPS) is 24.8. The number of methoxy groups -OCH3 is 2. The van der Waals surface area contributed by atoms with Crippen LogP contribution in [0, 0.1) is 5.41 Å². The lowest BCUT2D eigenvalue weighted by Crippen LogP contribution is -2.49. The average Bonchev–Trinajstić information content (AvgIpc) is 3.02. The zero-order chi connectivity index (χ0) is 17.0. The molecule has 1 unspecified atom stereocenters. The minimum absolute atomic E-state index is 0. The van der Waals surface area contributed by atoms with E-state index >= 15 is 0 Å². The van der Waals surface area contributed by atoms with Crippen molar-refractivity contribution >= 4 is 12.4 Å². The highest BCUT2D eigenvalue weighted by atomic mass is 35.5. The molecule has 3 rings (SSSR count). The Bertz CT molecular complexity index is 519. The van der Waals surface area contributed by atoms with Gasteiger partial charge in [0.25, 0.3) is 0 Å². The van der Waals surface area contributed by atoms with E-state index in [1.54, 1.807) is 14.2 Å². The summed E-state index contributed by atoms with van der Waals surface area (Å²) in [7, 11) is 3.41. The summed E-state index contributed by atoms with van der Waals surface area (Å²) in [6.45, 7) is 11.5. The minimum Gasteiger partial charge on any atom is -0.497 e. The van der Waals surface area contributed by atoms with Crippen LogP contribution in [0.3, 0.4) is 0 Å². The molecule has 2 fully saturated rings. The predicted octanol–water partition coefficient (Wildman–Crippen LogP) is 2.24. The summed E-state index contributed by atoms with van der Waals surface area (Å²) in [5.74, 6) is 1.73. The van der Waals surface area contributed by atoms with Gasteiger partial charge in [-0.1, -0.05) is 6.92 Å². The third kappa shape index (κ3) is 5.48. The van der Waals surface area contributed by atoms with Crippen molar-refractivity contribution in [2.45, 2.75) is 19.9 Å². The third-order valence-electron chi connectivity index (χ3n) is 5.34. The molecule has 1 aromatic carbocycles. The summed E-state index contributed by atoms with van der Waals surface area (Å²) in [5, 5.41) is 3.50. The number of nitrogens with zero attached hydrogens (tertiary/aromatic N) is 2.